The first-order valence-electron chi connectivity index (χ1n) is 23.9. The minimum atomic E-state index is -1.16. The van der Waals surface area contributed by atoms with Gasteiger partial charge in [0.25, 0.3) is 0 Å². The monoisotopic (exact) mass is 1080 g/mol. The SMILES string of the molecule is Cc1ccc(Br)nc1NC(=O)[C@@H]1C[C@@]2(CN(C)C)CC2N1C(=O)Cn1nc(C(C)O)c2cc(-c3cnc(CNC(=O)COCCOCCNC(=O)COCCOCCNC(=O)CC[C@H](N)C(=O)O)nc3)ccc21. The van der Waals surface area contributed by atoms with E-state index >= 15 is 0 Å². The van der Waals surface area contributed by atoms with Gasteiger partial charge < -0.3 is 66.0 Å². The van der Waals surface area contributed by atoms with Gasteiger partial charge in [-0.3, -0.25) is 33.4 Å². The second-order valence-corrected chi connectivity index (χ2v) is 19.1. The van der Waals surface area contributed by atoms with Crippen molar-refractivity contribution in [3.63, 3.8) is 0 Å². The van der Waals surface area contributed by atoms with Gasteiger partial charge in [0.1, 0.15) is 48.1 Å². The third-order valence-electron chi connectivity index (χ3n) is 12.2. The molecule has 4 heterocycles. The number of hydrogen-bond acceptors (Lipinski definition) is 17. The first-order chi connectivity index (χ1) is 34.9. The highest BCUT2D eigenvalue weighted by Gasteiger charge is 2.67. The van der Waals surface area contributed by atoms with Crippen LogP contribution in [0.25, 0.3) is 22.0 Å². The number of hydrogen-bond donors (Lipinski definition) is 7. The van der Waals surface area contributed by atoms with Crippen molar-refractivity contribution in [1.29, 1.82) is 0 Å². The van der Waals surface area contributed by atoms with E-state index in [1.165, 1.54) is 0 Å². The predicted octanol–water partition coefficient (Wildman–Crippen LogP) is 0.680. The number of ether oxygens (including phenoxy) is 4. The third kappa shape index (κ3) is 16.2. The summed E-state index contributed by atoms with van der Waals surface area (Å²) in [6.07, 6.45) is 3.69. The van der Waals surface area contributed by atoms with E-state index in [-0.39, 0.29) is 133 Å². The minimum absolute atomic E-state index is 0.000414. The topological polar surface area (TPSA) is 317 Å². The molecule has 396 valence electrons. The van der Waals surface area contributed by atoms with Crippen LogP contribution in [0.1, 0.15) is 55.8 Å². The van der Waals surface area contributed by atoms with Crippen LogP contribution in [0.2, 0.25) is 0 Å². The zero-order valence-corrected chi connectivity index (χ0v) is 43.0. The summed E-state index contributed by atoms with van der Waals surface area (Å²) in [5, 5.41) is 35.8. The summed E-state index contributed by atoms with van der Waals surface area (Å²) >= 11 is 3.38. The van der Waals surface area contributed by atoms with Crippen molar-refractivity contribution in [2.45, 2.75) is 76.8 Å². The molecule has 5 amide bonds. The number of pyridine rings is 1. The van der Waals surface area contributed by atoms with E-state index in [1.807, 2.05) is 45.3 Å². The van der Waals surface area contributed by atoms with Crippen LogP contribution in [0.15, 0.2) is 47.3 Å². The number of amides is 5. The van der Waals surface area contributed by atoms with E-state index in [9.17, 15) is 33.9 Å². The number of anilines is 1. The second kappa shape index (κ2) is 26.8. The number of aliphatic carboxylic acids is 1. The highest BCUT2D eigenvalue weighted by atomic mass is 79.9. The lowest BCUT2D eigenvalue weighted by Gasteiger charge is -2.27. The Hall–Kier alpha value is -6.06. The van der Waals surface area contributed by atoms with Crippen molar-refractivity contribution in [2.75, 3.05) is 91.9 Å². The Balaban J connectivity index is 0.880. The van der Waals surface area contributed by atoms with Crippen molar-refractivity contribution in [3.8, 4) is 11.1 Å². The van der Waals surface area contributed by atoms with Crippen LogP contribution < -0.4 is 27.0 Å². The number of piperidine rings is 1. The van der Waals surface area contributed by atoms with Gasteiger partial charge in [0, 0.05) is 60.9 Å². The summed E-state index contributed by atoms with van der Waals surface area (Å²) in [7, 11) is 3.98. The Bertz CT molecular complexity index is 2570. The van der Waals surface area contributed by atoms with E-state index in [0.29, 0.717) is 44.8 Å². The molecule has 1 aliphatic carbocycles. The molecular formula is C48H65BrN12O12. The molecule has 5 atom stereocenters. The molecule has 3 aromatic heterocycles. The van der Waals surface area contributed by atoms with Crippen molar-refractivity contribution in [1.82, 2.24) is 50.5 Å². The Morgan fingerprint density at radius 2 is 1.52 bits per heavy atom. The van der Waals surface area contributed by atoms with Crippen molar-refractivity contribution in [2.24, 2.45) is 11.1 Å². The number of aliphatic hydroxyl groups is 1. The molecule has 1 aliphatic heterocycles. The summed E-state index contributed by atoms with van der Waals surface area (Å²) < 4.78 is 23.6. The maximum absolute atomic E-state index is 14.3. The molecule has 2 fully saturated rings. The fourth-order valence-corrected chi connectivity index (χ4v) is 8.90. The van der Waals surface area contributed by atoms with Crippen LogP contribution in [0.4, 0.5) is 5.82 Å². The smallest absolute Gasteiger partial charge is 0.320 e. The lowest BCUT2D eigenvalue weighted by molar-refractivity contribution is -0.139. The second-order valence-electron chi connectivity index (χ2n) is 18.3. The van der Waals surface area contributed by atoms with Gasteiger partial charge in [-0.1, -0.05) is 12.1 Å². The van der Waals surface area contributed by atoms with E-state index in [0.717, 1.165) is 24.1 Å². The molecule has 73 heavy (non-hydrogen) atoms. The molecule has 1 saturated carbocycles. The molecule has 2 aliphatic rings. The number of halogens is 1. The molecule has 6 rings (SSSR count). The standard InChI is InChI=1S/C48H65BrN12O12/c1-29-5-9-38(49)56-45(29)57-46(67)36-20-48(28-59(3)4)21-37(48)61(36)43(66)25-60-35-8-6-31(19-33(35)44(58-60)30(2)62)32-22-53-39(54-23-32)24-55-42(65)27-73-18-16-71-14-12-52-41(64)26-72-17-15-70-13-11-51-40(63)10-7-34(50)47(68)69/h5-6,8-9,19,22-23,30,34,36-37,62H,7,10-18,20-21,24-28,50H2,1-4H3,(H,51,63)(H,52,64)(H,55,65)(H,68,69)(H,56,57,67)/t30?,34-,36-,37?,48-/m0/s1. The minimum Gasteiger partial charge on any atom is -0.480 e. The number of carboxylic acid groups (broad SMARTS) is 1. The normalized spacial score (nSPS) is 17.8. The maximum Gasteiger partial charge on any atom is 0.320 e. The fourth-order valence-electron chi connectivity index (χ4n) is 8.59. The van der Waals surface area contributed by atoms with Crippen molar-refractivity contribution in [3.05, 3.63) is 64.4 Å². The van der Waals surface area contributed by atoms with Crippen LogP contribution in [0.3, 0.4) is 0 Å². The van der Waals surface area contributed by atoms with E-state index in [2.05, 4.69) is 57.0 Å². The van der Waals surface area contributed by atoms with Crippen LogP contribution in [-0.2, 0) is 60.8 Å². The van der Waals surface area contributed by atoms with Gasteiger partial charge in [0.15, 0.2) is 0 Å². The zero-order valence-electron chi connectivity index (χ0n) is 41.4. The number of fused-ring (bicyclic) bond motifs is 2. The number of carbonyl (C=O) groups is 6. The zero-order chi connectivity index (χ0) is 52.7. The average Bonchev–Trinajstić information content (AvgIpc) is 3.75. The fraction of sp³-hybridized carbons (Fsp3) is 0.542. The number of nitrogens with one attached hydrogen (secondary N) is 4. The maximum atomic E-state index is 14.3. The van der Waals surface area contributed by atoms with Crippen LogP contribution in [-0.4, -0.2) is 185 Å². The highest BCUT2D eigenvalue weighted by molar-refractivity contribution is 9.10. The van der Waals surface area contributed by atoms with E-state index in [4.69, 9.17) is 34.9 Å². The molecule has 2 unspecified atom stereocenters. The highest BCUT2D eigenvalue weighted by Crippen LogP contribution is 2.60. The Morgan fingerprint density at radius 3 is 2.16 bits per heavy atom. The molecule has 1 saturated heterocycles. The number of aryl methyl sites for hydroxylation is 1. The van der Waals surface area contributed by atoms with Gasteiger partial charge in [-0.2, -0.15) is 5.10 Å². The van der Waals surface area contributed by atoms with Crippen LogP contribution in [0.5, 0.6) is 0 Å². The van der Waals surface area contributed by atoms with Crippen molar-refractivity contribution < 1.29 is 57.9 Å². The molecule has 0 radical (unpaired) electrons. The first-order valence-corrected chi connectivity index (χ1v) is 24.7. The number of likely N-dealkylation sites (tertiary alicyclic amines) is 1. The predicted molar refractivity (Wildman–Crippen MR) is 267 cm³/mol. The summed E-state index contributed by atoms with van der Waals surface area (Å²) in [5.74, 6) is -1.92. The summed E-state index contributed by atoms with van der Waals surface area (Å²) in [5.41, 5.74) is 8.44. The molecule has 0 bridgehead atoms. The number of rotatable bonds is 30. The average molecular weight is 1080 g/mol. The molecular weight excluding hydrogens is 1020 g/mol. The molecule has 24 nitrogen and oxygen atoms in total. The molecule has 4 aromatic rings. The number of nitrogens with two attached hydrogens (primary N) is 1. The number of aliphatic hydroxyl groups excluding tert-OH is 1. The van der Waals surface area contributed by atoms with Crippen LogP contribution in [0, 0.1) is 12.3 Å². The Morgan fingerprint density at radius 1 is 0.877 bits per heavy atom. The van der Waals surface area contributed by atoms with Crippen LogP contribution >= 0.6 is 15.9 Å². The molecule has 8 N–H and O–H groups in total. The van der Waals surface area contributed by atoms with Crippen molar-refractivity contribution >= 4 is 68.2 Å². The molecule has 25 heteroatoms. The number of carbonyl (C=O) groups excluding carboxylic acids is 5. The van der Waals surface area contributed by atoms with Gasteiger partial charge in [0.05, 0.1) is 63.5 Å². The Kier molecular flexibility index (Phi) is 20.6. The van der Waals surface area contributed by atoms with Gasteiger partial charge in [0.2, 0.25) is 29.5 Å². The lowest BCUT2D eigenvalue weighted by atomic mass is 9.98. The number of benzene rings is 1. The van der Waals surface area contributed by atoms with E-state index < -0.39 is 24.2 Å². The quantitative estimate of drug-likeness (QED) is 0.0279. The van der Waals surface area contributed by atoms with Gasteiger partial charge >= 0.3 is 5.97 Å². The van der Waals surface area contributed by atoms with Gasteiger partial charge in [-0.25, -0.2) is 15.0 Å². The van der Waals surface area contributed by atoms with Gasteiger partial charge in [-0.15, -0.1) is 0 Å². The summed E-state index contributed by atoms with van der Waals surface area (Å²) in [6, 6.07) is 7.34. The first kappa shape index (κ1) is 56.2. The molecule has 0 spiro atoms. The number of nitrogens with zero attached hydrogens (tertiary/aromatic N) is 7. The third-order valence-corrected chi connectivity index (χ3v) is 12.7. The van der Waals surface area contributed by atoms with Gasteiger partial charge in [-0.05, 0) is 92.5 Å². The Labute approximate surface area is 430 Å². The number of aromatic nitrogens is 5. The number of carboxylic acids is 1. The molecule has 1 aromatic carbocycles. The summed E-state index contributed by atoms with van der Waals surface area (Å²) in [4.78, 5) is 92.1. The van der Waals surface area contributed by atoms with E-state index in [1.54, 1.807) is 35.0 Å². The summed E-state index contributed by atoms with van der Waals surface area (Å²) in [6.45, 7) is 5.42. The lowest BCUT2D eigenvalue weighted by Crippen LogP contribution is -2.47. The largest absolute Gasteiger partial charge is 0.480 e.